The largest absolute Gasteiger partial charge is 0.491 e. The van der Waals surface area contributed by atoms with Crippen molar-refractivity contribution in [3.8, 4) is 5.75 Å². The lowest BCUT2D eigenvalue weighted by atomic mass is 10.1. The molecule has 1 aromatic heterocycles. The van der Waals surface area contributed by atoms with E-state index in [0.29, 0.717) is 6.20 Å². The number of pyridine rings is 1. The maximum Gasteiger partial charge on any atom is 0.422 e. The summed E-state index contributed by atoms with van der Waals surface area (Å²) in [5, 5.41) is 0. The van der Waals surface area contributed by atoms with Crippen molar-refractivity contribution in [3.63, 3.8) is 0 Å². The van der Waals surface area contributed by atoms with Gasteiger partial charge in [0.2, 0.25) is 5.43 Å². The van der Waals surface area contributed by atoms with Gasteiger partial charge < -0.3 is 9.72 Å². The van der Waals surface area contributed by atoms with E-state index in [-0.39, 0.29) is 0 Å². The summed E-state index contributed by atoms with van der Waals surface area (Å²) in [7, 11) is 0.965. The van der Waals surface area contributed by atoms with Gasteiger partial charge in [0, 0.05) is 6.20 Å². The standard InChI is InChI=1S/C8H6F5NO2/c1-16-3-2-14-5(7(9)10)4(6(3)15)8(11,12)13/h2,7H,1H3,(H,14,15). The van der Waals surface area contributed by atoms with E-state index < -0.39 is 35.0 Å². The maximum atomic E-state index is 12.4. The third-order valence-electron chi connectivity index (χ3n) is 1.80. The maximum absolute atomic E-state index is 12.4. The molecule has 3 nitrogen and oxygen atoms in total. The first kappa shape index (κ1) is 12.5. The highest BCUT2D eigenvalue weighted by Gasteiger charge is 2.40. The molecule has 0 unspecified atom stereocenters. The highest BCUT2D eigenvalue weighted by Crippen LogP contribution is 2.33. The third kappa shape index (κ3) is 2.15. The van der Waals surface area contributed by atoms with Crippen molar-refractivity contribution in [2.24, 2.45) is 0 Å². The molecular weight excluding hydrogens is 237 g/mol. The van der Waals surface area contributed by atoms with Crippen LogP contribution in [0.2, 0.25) is 0 Å². The normalized spacial score (nSPS) is 11.9. The molecule has 90 valence electrons. The van der Waals surface area contributed by atoms with Gasteiger partial charge in [-0.3, -0.25) is 4.79 Å². The number of rotatable bonds is 2. The Labute approximate surface area is 85.8 Å². The van der Waals surface area contributed by atoms with Gasteiger partial charge in [-0.25, -0.2) is 8.78 Å². The van der Waals surface area contributed by atoms with Crippen LogP contribution in [0.4, 0.5) is 22.0 Å². The summed E-state index contributed by atoms with van der Waals surface area (Å²) in [6, 6.07) is 0. The van der Waals surface area contributed by atoms with Crippen LogP contribution in [0.5, 0.6) is 5.75 Å². The molecule has 1 heterocycles. The molecule has 0 radical (unpaired) electrons. The average Bonchev–Trinajstić information content (AvgIpc) is 2.14. The van der Waals surface area contributed by atoms with Crippen LogP contribution >= 0.6 is 0 Å². The lowest BCUT2D eigenvalue weighted by molar-refractivity contribution is -0.140. The first-order valence-electron chi connectivity index (χ1n) is 3.94. The van der Waals surface area contributed by atoms with E-state index in [1.165, 1.54) is 0 Å². The molecule has 0 saturated carbocycles. The van der Waals surface area contributed by atoms with Gasteiger partial charge in [-0.2, -0.15) is 13.2 Å². The van der Waals surface area contributed by atoms with Crippen LogP contribution in [0.1, 0.15) is 17.7 Å². The van der Waals surface area contributed by atoms with E-state index in [4.69, 9.17) is 0 Å². The van der Waals surface area contributed by atoms with Gasteiger partial charge in [-0.15, -0.1) is 0 Å². The van der Waals surface area contributed by atoms with E-state index in [9.17, 15) is 26.7 Å². The number of methoxy groups -OCH3 is 1. The number of hydrogen-bond donors (Lipinski definition) is 1. The van der Waals surface area contributed by atoms with Crippen LogP contribution in [-0.2, 0) is 6.18 Å². The number of alkyl halides is 5. The van der Waals surface area contributed by atoms with Crippen LogP contribution < -0.4 is 10.2 Å². The molecule has 0 amide bonds. The number of ether oxygens (including phenoxy) is 1. The number of halogens is 5. The van der Waals surface area contributed by atoms with Crippen molar-refractivity contribution in [2.45, 2.75) is 12.6 Å². The Bertz CT molecular complexity index is 437. The Kier molecular flexibility index (Phi) is 3.20. The van der Waals surface area contributed by atoms with Gasteiger partial charge in [0.1, 0.15) is 5.56 Å². The minimum atomic E-state index is -5.16. The average molecular weight is 243 g/mol. The lowest BCUT2D eigenvalue weighted by Gasteiger charge is -2.12. The van der Waals surface area contributed by atoms with E-state index in [0.717, 1.165) is 7.11 Å². The molecule has 0 aliphatic carbocycles. The molecule has 0 aliphatic heterocycles. The van der Waals surface area contributed by atoms with Crippen molar-refractivity contribution >= 4 is 0 Å². The van der Waals surface area contributed by atoms with E-state index in [1.54, 1.807) is 4.98 Å². The fraction of sp³-hybridized carbons (Fsp3) is 0.375. The molecular formula is C8H6F5NO2. The third-order valence-corrected chi connectivity index (χ3v) is 1.80. The summed E-state index contributed by atoms with van der Waals surface area (Å²) in [6.45, 7) is 0. The van der Waals surface area contributed by atoms with Crippen LogP contribution in [-0.4, -0.2) is 12.1 Å². The van der Waals surface area contributed by atoms with Crippen LogP contribution in [0.25, 0.3) is 0 Å². The number of aromatic amines is 1. The summed E-state index contributed by atoms with van der Waals surface area (Å²) in [5.74, 6) is -0.670. The SMILES string of the molecule is COc1c[nH]c(C(F)F)c(C(F)(F)F)c1=O. The second-order valence-corrected chi connectivity index (χ2v) is 2.77. The van der Waals surface area contributed by atoms with Crippen LogP contribution in [0.3, 0.4) is 0 Å². The highest BCUT2D eigenvalue weighted by molar-refractivity contribution is 5.32. The smallest absolute Gasteiger partial charge is 0.422 e. The summed E-state index contributed by atoms with van der Waals surface area (Å²) in [6.07, 6.45) is -7.91. The first-order chi connectivity index (χ1) is 7.29. The first-order valence-corrected chi connectivity index (χ1v) is 3.94. The van der Waals surface area contributed by atoms with Crippen molar-refractivity contribution < 1.29 is 26.7 Å². The van der Waals surface area contributed by atoms with Crippen LogP contribution in [0.15, 0.2) is 11.0 Å². The Morgan fingerprint density at radius 1 is 1.38 bits per heavy atom. The highest BCUT2D eigenvalue weighted by atomic mass is 19.4. The zero-order valence-electron chi connectivity index (χ0n) is 7.86. The molecule has 16 heavy (non-hydrogen) atoms. The zero-order valence-corrected chi connectivity index (χ0v) is 7.86. The molecule has 0 atom stereocenters. The second-order valence-electron chi connectivity index (χ2n) is 2.77. The molecule has 1 aromatic rings. The Hall–Kier alpha value is -1.60. The topological polar surface area (TPSA) is 42.1 Å². The fourth-order valence-electron chi connectivity index (χ4n) is 1.13. The van der Waals surface area contributed by atoms with Crippen molar-refractivity contribution in [2.75, 3.05) is 7.11 Å². The number of aromatic nitrogens is 1. The molecule has 0 saturated heterocycles. The van der Waals surface area contributed by atoms with E-state index in [1.807, 2.05) is 0 Å². The minimum Gasteiger partial charge on any atom is -0.491 e. The molecule has 1 rings (SSSR count). The van der Waals surface area contributed by atoms with Gasteiger partial charge in [-0.1, -0.05) is 0 Å². The van der Waals surface area contributed by atoms with Crippen molar-refractivity contribution in [1.82, 2.24) is 4.98 Å². The predicted octanol–water partition coefficient (Wildman–Crippen LogP) is 2.34. The number of hydrogen-bond acceptors (Lipinski definition) is 2. The van der Waals surface area contributed by atoms with E-state index >= 15 is 0 Å². The summed E-state index contributed by atoms with van der Waals surface area (Å²) >= 11 is 0. The number of H-pyrrole nitrogens is 1. The summed E-state index contributed by atoms with van der Waals surface area (Å²) in [5.41, 5.74) is -5.00. The Morgan fingerprint density at radius 3 is 2.31 bits per heavy atom. The molecule has 0 bridgehead atoms. The van der Waals surface area contributed by atoms with Crippen molar-refractivity contribution in [1.29, 1.82) is 0 Å². The molecule has 8 heteroatoms. The van der Waals surface area contributed by atoms with Gasteiger partial charge in [0.15, 0.2) is 5.75 Å². The second kappa shape index (κ2) is 4.11. The molecule has 1 N–H and O–H groups in total. The van der Waals surface area contributed by atoms with Gasteiger partial charge in [-0.05, 0) is 0 Å². The van der Waals surface area contributed by atoms with E-state index in [2.05, 4.69) is 4.74 Å². The number of nitrogens with one attached hydrogen (secondary N) is 1. The molecule has 0 spiro atoms. The molecule has 0 aliphatic rings. The quantitative estimate of drug-likeness (QED) is 0.810. The van der Waals surface area contributed by atoms with Gasteiger partial charge in [0.25, 0.3) is 6.43 Å². The summed E-state index contributed by atoms with van der Waals surface area (Å²) in [4.78, 5) is 12.9. The van der Waals surface area contributed by atoms with Gasteiger partial charge >= 0.3 is 6.18 Å². The molecule has 0 fully saturated rings. The van der Waals surface area contributed by atoms with Crippen molar-refractivity contribution in [3.05, 3.63) is 27.7 Å². The fourth-order valence-corrected chi connectivity index (χ4v) is 1.13. The Morgan fingerprint density at radius 2 is 1.94 bits per heavy atom. The van der Waals surface area contributed by atoms with Crippen LogP contribution in [0, 0.1) is 0 Å². The van der Waals surface area contributed by atoms with Gasteiger partial charge in [0.05, 0.1) is 12.8 Å². The predicted molar refractivity (Wildman–Crippen MR) is 43.6 cm³/mol. The Balaban J connectivity index is 3.57. The lowest BCUT2D eigenvalue weighted by Crippen LogP contribution is -2.24. The molecule has 0 aromatic carbocycles. The monoisotopic (exact) mass is 243 g/mol. The minimum absolute atomic E-state index is 0.666. The zero-order chi connectivity index (χ0) is 12.5. The summed E-state index contributed by atoms with van der Waals surface area (Å²) < 4.78 is 66.0.